The quantitative estimate of drug-likeness (QED) is 0.208. The summed E-state index contributed by atoms with van der Waals surface area (Å²) >= 11 is 0. The molecule has 0 aliphatic heterocycles. The van der Waals surface area contributed by atoms with E-state index in [9.17, 15) is 4.39 Å². The number of para-hydroxylation sites is 2. The number of fused-ring (bicyclic) bond motifs is 2. The van der Waals surface area contributed by atoms with Gasteiger partial charge in [-0.25, -0.2) is 4.39 Å². The Hall–Kier alpha value is -4.19. The van der Waals surface area contributed by atoms with Crippen LogP contribution in [0.1, 0.15) is 11.1 Å². The SMILES string of the molecule is Nc1ccccc1C(=NCc1cccc2ccccc12)Nc1n[nH]c2c(F)cccc12. The molecular weight excluding hydrogens is 389 g/mol. The van der Waals surface area contributed by atoms with Crippen molar-refractivity contribution in [1.29, 1.82) is 0 Å². The third kappa shape index (κ3) is 3.59. The Bertz CT molecular complexity index is 1410. The molecule has 5 rings (SSSR count). The third-order valence-electron chi connectivity index (χ3n) is 5.29. The number of halogens is 1. The average Bonchev–Trinajstić information content (AvgIpc) is 3.21. The van der Waals surface area contributed by atoms with Crippen molar-refractivity contribution in [1.82, 2.24) is 10.2 Å². The molecular formula is C25H20FN5. The first-order chi connectivity index (χ1) is 15.2. The summed E-state index contributed by atoms with van der Waals surface area (Å²) < 4.78 is 14.1. The number of nitrogen functional groups attached to an aromatic ring is 1. The number of nitrogens with two attached hydrogens (primary N) is 1. The number of nitrogens with one attached hydrogen (secondary N) is 2. The molecule has 0 aliphatic carbocycles. The second-order valence-corrected chi connectivity index (χ2v) is 7.25. The fourth-order valence-corrected chi connectivity index (χ4v) is 3.71. The van der Waals surface area contributed by atoms with Crippen LogP contribution in [0.15, 0.2) is 89.9 Å². The first kappa shape index (κ1) is 18.8. The molecule has 0 bridgehead atoms. The van der Waals surface area contributed by atoms with Gasteiger partial charge in [0.1, 0.15) is 17.2 Å². The molecule has 0 amide bonds. The Balaban J connectivity index is 1.57. The summed E-state index contributed by atoms with van der Waals surface area (Å²) in [6.07, 6.45) is 0. The summed E-state index contributed by atoms with van der Waals surface area (Å²) in [5.41, 5.74) is 9.04. The Morgan fingerprint density at radius 3 is 2.55 bits per heavy atom. The van der Waals surface area contributed by atoms with E-state index in [-0.39, 0.29) is 5.82 Å². The van der Waals surface area contributed by atoms with E-state index < -0.39 is 0 Å². The summed E-state index contributed by atoms with van der Waals surface area (Å²) in [6.45, 7) is 0.453. The summed E-state index contributed by atoms with van der Waals surface area (Å²) in [4.78, 5) is 4.86. The molecule has 6 heteroatoms. The molecule has 5 aromatic rings. The Morgan fingerprint density at radius 1 is 0.903 bits per heavy atom. The average molecular weight is 409 g/mol. The van der Waals surface area contributed by atoms with Crippen molar-refractivity contribution < 1.29 is 4.39 Å². The normalized spacial score (nSPS) is 11.8. The van der Waals surface area contributed by atoms with E-state index in [4.69, 9.17) is 10.7 Å². The number of nitrogens with zero attached hydrogens (tertiary/aromatic N) is 2. The minimum absolute atomic E-state index is 0.347. The van der Waals surface area contributed by atoms with Crippen molar-refractivity contribution in [3.8, 4) is 0 Å². The van der Waals surface area contributed by atoms with E-state index in [0.717, 1.165) is 21.9 Å². The van der Waals surface area contributed by atoms with Gasteiger partial charge in [0.05, 0.1) is 6.54 Å². The van der Waals surface area contributed by atoms with Crippen molar-refractivity contribution in [3.63, 3.8) is 0 Å². The molecule has 0 saturated carbocycles. The molecule has 4 aromatic carbocycles. The number of amidine groups is 1. The smallest absolute Gasteiger partial charge is 0.161 e. The van der Waals surface area contributed by atoms with Crippen LogP contribution in [-0.2, 0) is 6.54 Å². The first-order valence-electron chi connectivity index (χ1n) is 9.96. The second-order valence-electron chi connectivity index (χ2n) is 7.25. The first-order valence-corrected chi connectivity index (χ1v) is 9.96. The maximum Gasteiger partial charge on any atom is 0.161 e. The van der Waals surface area contributed by atoms with Gasteiger partial charge in [0.15, 0.2) is 5.82 Å². The van der Waals surface area contributed by atoms with Crippen molar-refractivity contribution >= 4 is 39.0 Å². The molecule has 0 spiro atoms. The van der Waals surface area contributed by atoms with Crippen molar-refractivity contribution in [3.05, 3.63) is 102 Å². The molecule has 4 N–H and O–H groups in total. The number of hydrogen-bond acceptors (Lipinski definition) is 3. The topological polar surface area (TPSA) is 79.1 Å². The van der Waals surface area contributed by atoms with E-state index in [1.54, 1.807) is 12.1 Å². The summed E-state index contributed by atoms with van der Waals surface area (Å²) in [5, 5.41) is 13.2. The van der Waals surface area contributed by atoms with Crippen LogP contribution >= 0.6 is 0 Å². The highest BCUT2D eigenvalue weighted by Crippen LogP contribution is 2.25. The molecule has 5 nitrogen and oxygen atoms in total. The van der Waals surface area contributed by atoms with E-state index >= 15 is 0 Å². The van der Waals surface area contributed by atoms with Crippen molar-refractivity contribution in [2.45, 2.75) is 6.54 Å². The molecule has 0 fully saturated rings. The molecule has 0 aliphatic rings. The van der Waals surface area contributed by atoms with Crippen LogP contribution < -0.4 is 11.1 Å². The fourth-order valence-electron chi connectivity index (χ4n) is 3.71. The molecule has 0 atom stereocenters. The standard InChI is InChI=1S/C25H20FN5/c26-21-13-6-12-20-23(21)30-31-25(20)29-24(19-11-3-4-14-22(19)27)28-15-17-9-5-8-16-7-1-2-10-18(16)17/h1-14H,15,27H2,(H2,28,29,30,31). The second kappa shape index (κ2) is 7.91. The number of aromatic amines is 1. The van der Waals surface area contributed by atoms with Crippen LogP contribution in [0.4, 0.5) is 15.9 Å². The van der Waals surface area contributed by atoms with Gasteiger partial charge < -0.3 is 11.1 Å². The zero-order valence-corrected chi connectivity index (χ0v) is 16.6. The van der Waals surface area contributed by atoms with E-state index in [0.29, 0.717) is 34.8 Å². The molecule has 1 aromatic heterocycles. The van der Waals surface area contributed by atoms with Crippen LogP contribution in [0, 0.1) is 5.82 Å². The van der Waals surface area contributed by atoms with Crippen LogP contribution in [0.3, 0.4) is 0 Å². The van der Waals surface area contributed by atoms with Crippen LogP contribution in [0.5, 0.6) is 0 Å². The number of H-pyrrole nitrogens is 1. The predicted molar refractivity (Wildman–Crippen MR) is 125 cm³/mol. The van der Waals surface area contributed by atoms with Gasteiger partial charge in [-0.1, -0.05) is 60.7 Å². The van der Waals surface area contributed by atoms with Gasteiger partial charge in [0.2, 0.25) is 0 Å². The van der Waals surface area contributed by atoms with Crippen LogP contribution in [0.25, 0.3) is 21.7 Å². The zero-order chi connectivity index (χ0) is 21.2. The van der Waals surface area contributed by atoms with Crippen LogP contribution in [-0.4, -0.2) is 16.0 Å². The number of benzene rings is 4. The highest BCUT2D eigenvalue weighted by atomic mass is 19.1. The largest absolute Gasteiger partial charge is 0.398 e. The molecule has 0 saturated heterocycles. The van der Waals surface area contributed by atoms with E-state index in [1.807, 2.05) is 42.5 Å². The highest BCUT2D eigenvalue weighted by Gasteiger charge is 2.14. The maximum absolute atomic E-state index is 14.1. The van der Waals surface area contributed by atoms with Gasteiger partial charge in [-0.3, -0.25) is 10.1 Å². The molecule has 0 radical (unpaired) electrons. The van der Waals surface area contributed by atoms with Gasteiger partial charge in [-0.2, -0.15) is 5.10 Å². The summed E-state index contributed by atoms with van der Waals surface area (Å²) in [6, 6.07) is 26.8. The summed E-state index contributed by atoms with van der Waals surface area (Å²) in [5.74, 6) is 0.713. The lowest BCUT2D eigenvalue weighted by Crippen LogP contribution is -2.16. The Kier molecular flexibility index (Phi) is 4.80. The summed E-state index contributed by atoms with van der Waals surface area (Å²) in [7, 11) is 0. The number of hydrogen-bond donors (Lipinski definition) is 3. The van der Waals surface area contributed by atoms with Gasteiger partial charge in [-0.05, 0) is 40.6 Å². The van der Waals surface area contributed by atoms with Gasteiger partial charge >= 0.3 is 0 Å². The van der Waals surface area contributed by atoms with Crippen LogP contribution in [0.2, 0.25) is 0 Å². The Labute approximate surface area is 178 Å². The molecule has 152 valence electrons. The van der Waals surface area contributed by atoms with Crippen molar-refractivity contribution in [2.24, 2.45) is 4.99 Å². The Morgan fingerprint density at radius 2 is 1.65 bits per heavy atom. The van der Waals surface area contributed by atoms with Gasteiger partial charge in [0, 0.05) is 16.6 Å². The van der Waals surface area contributed by atoms with E-state index in [1.165, 1.54) is 6.07 Å². The molecule has 0 unspecified atom stereocenters. The van der Waals surface area contributed by atoms with Gasteiger partial charge in [0.25, 0.3) is 0 Å². The molecule has 1 heterocycles. The number of aliphatic imine (C=N–C) groups is 1. The van der Waals surface area contributed by atoms with Crippen molar-refractivity contribution in [2.75, 3.05) is 11.1 Å². The lowest BCUT2D eigenvalue weighted by Gasteiger charge is -2.12. The number of rotatable bonds is 4. The third-order valence-corrected chi connectivity index (χ3v) is 5.29. The van der Waals surface area contributed by atoms with E-state index in [2.05, 4.69) is 39.8 Å². The predicted octanol–water partition coefficient (Wildman–Crippen LogP) is 5.50. The van der Waals surface area contributed by atoms with Gasteiger partial charge in [-0.15, -0.1) is 0 Å². The monoisotopic (exact) mass is 409 g/mol. The minimum Gasteiger partial charge on any atom is -0.398 e. The zero-order valence-electron chi connectivity index (χ0n) is 16.6. The minimum atomic E-state index is -0.355. The number of anilines is 2. The fraction of sp³-hybridized carbons (Fsp3) is 0.0400. The molecule has 31 heavy (non-hydrogen) atoms. The lowest BCUT2D eigenvalue weighted by molar-refractivity contribution is 0.636. The maximum atomic E-state index is 14.1. The number of aromatic nitrogens is 2. The highest BCUT2D eigenvalue weighted by molar-refractivity contribution is 6.13. The lowest BCUT2D eigenvalue weighted by atomic mass is 10.0.